The van der Waals surface area contributed by atoms with Gasteiger partial charge in [0.05, 0.1) is 0 Å². The van der Waals surface area contributed by atoms with E-state index in [0.29, 0.717) is 18.4 Å². The van der Waals surface area contributed by atoms with E-state index in [9.17, 15) is 4.79 Å². The smallest absolute Gasteiger partial charge is 0.321 e. The molecular weight excluding hydrogens is 168 g/mol. The zero-order valence-corrected chi connectivity index (χ0v) is 8.23. The van der Waals surface area contributed by atoms with Gasteiger partial charge in [0.25, 0.3) is 0 Å². The summed E-state index contributed by atoms with van der Waals surface area (Å²) in [6, 6.07) is -0.738. The quantitative estimate of drug-likeness (QED) is 0.650. The van der Waals surface area contributed by atoms with Crippen LogP contribution in [0, 0.1) is 11.8 Å². The van der Waals surface area contributed by atoms with Gasteiger partial charge < -0.3 is 15.7 Å². The number of hydrogen-bond donors (Lipinski definition) is 2. The zero-order valence-electron chi connectivity index (χ0n) is 8.23. The third-order valence-electron chi connectivity index (χ3n) is 2.84. The molecule has 0 amide bonds. The maximum absolute atomic E-state index is 10.5. The van der Waals surface area contributed by atoms with Crippen molar-refractivity contribution in [3.63, 3.8) is 0 Å². The lowest BCUT2D eigenvalue weighted by Crippen LogP contribution is -2.41. The predicted octanol–water partition coefficient (Wildman–Crippen LogP) is -0.0139. The molecule has 1 aliphatic rings. The number of hydrogen-bond acceptors (Lipinski definition) is 3. The molecule has 3 N–H and O–H groups in total. The Morgan fingerprint density at radius 3 is 2.38 bits per heavy atom. The topological polar surface area (TPSA) is 66.6 Å². The Labute approximate surface area is 78.7 Å². The molecule has 13 heavy (non-hydrogen) atoms. The average Bonchev–Trinajstić information content (AvgIpc) is 2.31. The number of carbonyl (C=O) groups is 1. The summed E-state index contributed by atoms with van der Waals surface area (Å²) in [6.07, 6.45) is 0. The number of aliphatic carboxylic acids is 1. The highest BCUT2D eigenvalue weighted by Gasteiger charge is 2.28. The molecule has 0 aromatic carbocycles. The summed E-state index contributed by atoms with van der Waals surface area (Å²) in [4.78, 5) is 12.6. The molecule has 4 nitrogen and oxygen atoms in total. The van der Waals surface area contributed by atoms with Crippen LogP contribution in [0.15, 0.2) is 0 Å². The second-order valence-electron chi connectivity index (χ2n) is 4.12. The van der Waals surface area contributed by atoms with Gasteiger partial charge in [0.1, 0.15) is 6.04 Å². The van der Waals surface area contributed by atoms with Gasteiger partial charge >= 0.3 is 5.97 Å². The first-order valence-electron chi connectivity index (χ1n) is 4.71. The Kier molecular flexibility index (Phi) is 3.27. The molecule has 1 rings (SSSR count). The Morgan fingerprint density at radius 1 is 1.54 bits per heavy atom. The van der Waals surface area contributed by atoms with Gasteiger partial charge in [0.15, 0.2) is 0 Å². The predicted molar refractivity (Wildman–Crippen MR) is 50.4 cm³/mol. The highest BCUT2D eigenvalue weighted by Crippen LogP contribution is 2.21. The summed E-state index contributed by atoms with van der Waals surface area (Å²) in [7, 11) is 0. The van der Waals surface area contributed by atoms with Crippen molar-refractivity contribution >= 4 is 5.97 Å². The lowest BCUT2D eigenvalue weighted by atomic mass is 10.0. The number of nitrogens with zero attached hydrogens (tertiary/aromatic N) is 1. The van der Waals surface area contributed by atoms with E-state index in [1.807, 2.05) is 0 Å². The van der Waals surface area contributed by atoms with E-state index in [4.69, 9.17) is 10.8 Å². The highest BCUT2D eigenvalue weighted by molar-refractivity contribution is 5.73. The first-order chi connectivity index (χ1) is 6.00. The van der Waals surface area contributed by atoms with E-state index in [1.54, 1.807) is 0 Å². The number of carboxylic acid groups (broad SMARTS) is 1. The third kappa shape index (κ3) is 2.67. The van der Waals surface area contributed by atoms with Crippen molar-refractivity contribution in [3.05, 3.63) is 0 Å². The second kappa shape index (κ2) is 4.07. The minimum absolute atomic E-state index is 0.476. The lowest BCUT2D eigenvalue weighted by molar-refractivity contribution is -0.138. The molecule has 0 radical (unpaired) electrons. The lowest BCUT2D eigenvalue weighted by Gasteiger charge is -2.17. The maximum atomic E-state index is 10.5. The molecular formula is C9H18N2O2. The van der Waals surface area contributed by atoms with Gasteiger partial charge in [-0.15, -0.1) is 0 Å². The van der Waals surface area contributed by atoms with Crippen molar-refractivity contribution in [2.45, 2.75) is 19.9 Å². The summed E-state index contributed by atoms with van der Waals surface area (Å²) >= 11 is 0. The maximum Gasteiger partial charge on any atom is 0.321 e. The van der Waals surface area contributed by atoms with Crippen LogP contribution in [-0.2, 0) is 4.79 Å². The molecule has 4 heteroatoms. The summed E-state index contributed by atoms with van der Waals surface area (Å²) in [5.41, 5.74) is 5.45. The minimum atomic E-state index is -0.910. The Bertz CT molecular complexity index is 186. The molecule has 0 spiro atoms. The van der Waals surface area contributed by atoms with Crippen molar-refractivity contribution < 1.29 is 9.90 Å². The molecule has 0 bridgehead atoms. The molecule has 0 aliphatic carbocycles. The summed E-state index contributed by atoms with van der Waals surface area (Å²) < 4.78 is 0. The van der Waals surface area contributed by atoms with Crippen LogP contribution >= 0.6 is 0 Å². The molecule has 1 heterocycles. The number of nitrogens with two attached hydrogens (primary N) is 1. The summed E-state index contributed by atoms with van der Waals surface area (Å²) in [5, 5.41) is 8.62. The third-order valence-corrected chi connectivity index (χ3v) is 2.84. The number of likely N-dealkylation sites (tertiary alicyclic amines) is 1. The van der Waals surface area contributed by atoms with Crippen LogP contribution in [0.2, 0.25) is 0 Å². The SMILES string of the molecule is CC1CN(CC(N)C(=O)O)CC1C. The van der Waals surface area contributed by atoms with Gasteiger partial charge in [-0.1, -0.05) is 13.8 Å². The Balaban J connectivity index is 2.35. The minimum Gasteiger partial charge on any atom is -0.480 e. The van der Waals surface area contributed by atoms with Crippen LogP contribution in [0.5, 0.6) is 0 Å². The van der Waals surface area contributed by atoms with Crippen molar-refractivity contribution in [3.8, 4) is 0 Å². The molecule has 0 aromatic heterocycles. The van der Waals surface area contributed by atoms with Gasteiger partial charge in [0, 0.05) is 19.6 Å². The van der Waals surface area contributed by atoms with Crippen LogP contribution < -0.4 is 5.73 Å². The van der Waals surface area contributed by atoms with Crippen molar-refractivity contribution in [2.24, 2.45) is 17.6 Å². The molecule has 1 saturated heterocycles. The fourth-order valence-corrected chi connectivity index (χ4v) is 1.75. The fourth-order valence-electron chi connectivity index (χ4n) is 1.75. The summed E-state index contributed by atoms with van der Waals surface area (Å²) in [6.45, 7) is 6.81. The van der Waals surface area contributed by atoms with Crippen molar-refractivity contribution in [2.75, 3.05) is 19.6 Å². The molecule has 0 aromatic rings. The van der Waals surface area contributed by atoms with Gasteiger partial charge in [-0.05, 0) is 11.8 Å². The Morgan fingerprint density at radius 2 is 2.00 bits per heavy atom. The molecule has 0 saturated carbocycles. The van der Waals surface area contributed by atoms with Crippen LogP contribution in [0.4, 0.5) is 0 Å². The zero-order chi connectivity index (χ0) is 10.0. The van der Waals surface area contributed by atoms with E-state index in [1.165, 1.54) is 0 Å². The van der Waals surface area contributed by atoms with Crippen LogP contribution in [0.3, 0.4) is 0 Å². The number of carboxylic acids is 1. The van der Waals surface area contributed by atoms with E-state index < -0.39 is 12.0 Å². The first-order valence-corrected chi connectivity index (χ1v) is 4.71. The van der Waals surface area contributed by atoms with Gasteiger partial charge in [0.2, 0.25) is 0 Å². The fraction of sp³-hybridized carbons (Fsp3) is 0.889. The van der Waals surface area contributed by atoms with E-state index in [2.05, 4.69) is 18.7 Å². The van der Waals surface area contributed by atoms with Crippen LogP contribution in [0.25, 0.3) is 0 Å². The molecule has 3 unspecified atom stereocenters. The van der Waals surface area contributed by atoms with Gasteiger partial charge in [-0.2, -0.15) is 0 Å². The molecule has 1 fully saturated rings. The largest absolute Gasteiger partial charge is 0.480 e. The van der Waals surface area contributed by atoms with Gasteiger partial charge in [-0.3, -0.25) is 4.79 Å². The standard InChI is InChI=1S/C9H18N2O2/c1-6-3-11(4-7(6)2)5-8(10)9(12)13/h6-8H,3-5,10H2,1-2H3,(H,12,13). The molecule has 1 aliphatic heterocycles. The summed E-state index contributed by atoms with van der Waals surface area (Å²) in [5.74, 6) is 0.397. The highest BCUT2D eigenvalue weighted by atomic mass is 16.4. The van der Waals surface area contributed by atoms with Crippen LogP contribution in [0.1, 0.15) is 13.8 Å². The van der Waals surface area contributed by atoms with E-state index in [0.717, 1.165) is 13.1 Å². The Hall–Kier alpha value is -0.610. The second-order valence-corrected chi connectivity index (χ2v) is 4.12. The van der Waals surface area contributed by atoms with Gasteiger partial charge in [-0.25, -0.2) is 0 Å². The average molecular weight is 186 g/mol. The normalized spacial score (nSPS) is 31.9. The van der Waals surface area contributed by atoms with Crippen molar-refractivity contribution in [1.29, 1.82) is 0 Å². The molecule has 76 valence electrons. The first kappa shape index (κ1) is 10.5. The van der Waals surface area contributed by atoms with E-state index >= 15 is 0 Å². The molecule has 3 atom stereocenters. The van der Waals surface area contributed by atoms with Crippen molar-refractivity contribution in [1.82, 2.24) is 4.90 Å². The van der Waals surface area contributed by atoms with Crippen LogP contribution in [-0.4, -0.2) is 41.7 Å². The van der Waals surface area contributed by atoms with E-state index in [-0.39, 0.29) is 0 Å². The monoisotopic (exact) mass is 186 g/mol. The number of rotatable bonds is 3.